The van der Waals surface area contributed by atoms with Gasteiger partial charge in [-0.1, -0.05) is 150 Å². The standard InChI is InChI=1S/C20H22ClN3O2.2C9H20/c1-12(25)5-6-13-9-15(20(2,3)4)19(26)18(10-13)24-22-16-8-7-14(21)11-17(16)23-24;1-4-7-8-9(5-2)6-3;1-3-5-7-9-8-6-4-2/h7-11,26H,5-6H2,1-4H3;9H,4-8H2,1-3H3;3-9H2,1-2H3. The molecule has 248 valence electrons. The van der Waals surface area contributed by atoms with Crippen molar-refractivity contribution in [3.63, 3.8) is 0 Å². The molecule has 0 aliphatic rings. The third kappa shape index (κ3) is 14.6. The lowest BCUT2D eigenvalue weighted by molar-refractivity contribution is -0.116. The highest BCUT2D eigenvalue weighted by Gasteiger charge is 2.23. The predicted molar refractivity (Wildman–Crippen MR) is 191 cm³/mol. The van der Waals surface area contributed by atoms with Crippen molar-refractivity contribution in [2.75, 3.05) is 0 Å². The molecule has 1 N–H and O–H groups in total. The van der Waals surface area contributed by atoms with Crippen LogP contribution in [-0.4, -0.2) is 25.9 Å². The SMILES string of the molecule is CC(=O)CCc1cc(-n2nc3ccc(Cl)cc3n2)c(O)c(C(C)(C)C)c1.CCCCC(CC)CC.CCCCCCCCC. The zero-order chi connectivity index (χ0) is 33.1. The summed E-state index contributed by atoms with van der Waals surface area (Å²) in [6.45, 7) is 19.1. The van der Waals surface area contributed by atoms with E-state index < -0.39 is 0 Å². The number of fused-ring (bicyclic) bond motifs is 1. The van der Waals surface area contributed by atoms with E-state index in [0.29, 0.717) is 34.6 Å². The number of phenols is 1. The molecule has 5 nitrogen and oxygen atoms in total. The molecule has 0 aliphatic heterocycles. The molecule has 0 saturated carbocycles. The topological polar surface area (TPSA) is 68.0 Å². The highest BCUT2D eigenvalue weighted by atomic mass is 35.5. The lowest BCUT2D eigenvalue weighted by atomic mass is 9.84. The number of Topliss-reactive ketones (excluding diaryl/α,β-unsaturated/α-hetero) is 1. The maximum Gasteiger partial charge on any atom is 0.146 e. The van der Waals surface area contributed by atoms with Gasteiger partial charge in [0.05, 0.1) is 0 Å². The number of rotatable bonds is 15. The summed E-state index contributed by atoms with van der Waals surface area (Å²) < 4.78 is 0. The molecule has 0 radical (unpaired) electrons. The first kappa shape index (κ1) is 39.6. The minimum absolute atomic E-state index is 0.134. The Morgan fingerprint density at radius 1 is 0.841 bits per heavy atom. The molecule has 44 heavy (non-hydrogen) atoms. The summed E-state index contributed by atoms with van der Waals surface area (Å²) in [6.07, 6.45) is 18.0. The number of nitrogens with zero attached hydrogens (tertiary/aromatic N) is 3. The Balaban J connectivity index is 0.000000443. The van der Waals surface area contributed by atoms with Crippen LogP contribution in [0.2, 0.25) is 5.02 Å². The van der Waals surface area contributed by atoms with Crippen LogP contribution in [0.5, 0.6) is 5.75 Å². The summed E-state index contributed by atoms with van der Waals surface area (Å²) in [6, 6.07) is 9.09. The van der Waals surface area contributed by atoms with Crippen LogP contribution in [0.3, 0.4) is 0 Å². The third-order valence-electron chi connectivity index (χ3n) is 8.11. The second kappa shape index (κ2) is 21.4. The average Bonchev–Trinajstić information content (AvgIpc) is 3.40. The predicted octanol–water partition coefficient (Wildman–Crippen LogP) is 12.0. The van der Waals surface area contributed by atoms with Gasteiger partial charge in [-0.2, -0.15) is 0 Å². The van der Waals surface area contributed by atoms with Gasteiger partial charge < -0.3 is 9.90 Å². The zero-order valence-corrected chi connectivity index (χ0v) is 30.2. The average molecular weight is 628 g/mol. The molecule has 0 spiro atoms. The number of hydrogen-bond donors (Lipinski definition) is 1. The number of phenolic OH excluding ortho intramolecular Hbond substituents is 1. The molecule has 6 heteroatoms. The van der Waals surface area contributed by atoms with Gasteiger partial charge in [0.1, 0.15) is 28.3 Å². The van der Waals surface area contributed by atoms with Gasteiger partial charge in [-0.3, -0.25) is 0 Å². The minimum Gasteiger partial charge on any atom is -0.505 e. The monoisotopic (exact) mass is 627 g/mol. The number of unbranched alkanes of at least 4 members (excludes halogenated alkanes) is 7. The molecular formula is C38H62ClN3O2. The Morgan fingerprint density at radius 2 is 1.41 bits per heavy atom. The van der Waals surface area contributed by atoms with Crippen LogP contribution in [0.15, 0.2) is 30.3 Å². The number of carbonyl (C=O) groups excluding carboxylic acids is 1. The number of carbonyl (C=O) groups is 1. The van der Waals surface area contributed by atoms with Crippen LogP contribution in [0.1, 0.15) is 157 Å². The van der Waals surface area contributed by atoms with Crippen LogP contribution >= 0.6 is 11.6 Å². The van der Waals surface area contributed by atoms with E-state index in [1.807, 2.05) is 32.9 Å². The van der Waals surface area contributed by atoms with E-state index in [-0.39, 0.29) is 16.9 Å². The third-order valence-corrected chi connectivity index (χ3v) is 8.34. The molecule has 0 bridgehead atoms. The number of aromatic hydroxyl groups is 1. The molecule has 1 heterocycles. The Labute approximate surface area is 274 Å². The minimum atomic E-state index is -0.263. The normalized spacial score (nSPS) is 11.2. The molecular weight excluding hydrogens is 566 g/mol. The highest BCUT2D eigenvalue weighted by Crippen LogP contribution is 2.36. The number of benzene rings is 2. The number of aryl methyl sites for hydroxylation is 1. The van der Waals surface area contributed by atoms with Crippen LogP contribution in [0, 0.1) is 5.92 Å². The van der Waals surface area contributed by atoms with Crippen molar-refractivity contribution in [2.24, 2.45) is 5.92 Å². The molecule has 2 aromatic carbocycles. The highest BCUT2D eigenvalue weighted by molar-refractivity contribution is 6.31. The number of hydrogen-bond acceptors (Lipinski definition) is 4. The summed E-state index contributed by atoms with van der Waals surface area (Å²) >= 11 is 6.03. The molecule has 3 aromatic rings. The number of halogens is 1. The fourth-order valence-electron chi connectivity index (χ4n) is 5.08. The van der Waals surface area contributed by atoms with Gasteiger partial charge in [0.25, 0.3) is 0 Å². The van der Waals surface area contributed by atoms with E-state index in [1.165, 1.54) is 81.8 Å². The van der Waals surface area contributed by atoms with E-state index in [1.54, 1.807) is 25.1 Å². The summed E-state index contributed by atoms with van der Waals surface area (Å²) in [5, 5.41) is 20.4. The van der Waals surface area contributed by atoms with E-state index in [2.05, 4.69) is 44.8 Å². The first-order valence-electron chi connectivity index (χ1n) is 17.3. The lowest BCUT2D eigenvalue weighted by Gasteiger charge is -2.23. The molecule has 0 saturated heterocycles. The zero-order valence-electron chi connectivity index (χ0n) is 29.4. The lowest BCUT2D eigenvalue weighted by Crippen LogP contribution is -2.14. The van der Waals surface area contributed by atoms with Gasteiger partial charge >= 0.3 is 0 Å². The Hall–Kier alpha value is -2.40. The Bertz CT molecular complexity index is 1220. The molecule has 0 aliphatic carbocycles. The quantitative estimate of drug-likeness (QED) is 0.170. The first-order chi connectivity index (χ1) is 20.9. The van der Waals surface area contributed by atoms with Crippen LogP contribution < -0.4 is 0 Å². The van der Waals surface area contributed by atoms with Gasteiger partial charge in [-0.15, -0.1) is 15.0 Å². The first-order valence-corrected chi connectivity index (χ1v) is 17.7. The molecule has 3 rings (SSSR count). The second-order valence-electron chi connectivity index (χ2n) is 13.2. The molecule has 0 fully saturated rings. The maximum absolute atomic E-state index is 11.4. The fourth-order valence-corrected chi connectivity index (χ4v) is 5.25. The maximum atomic E-state index is 11.4. The smallest absolute Gasteiger partial charge is 0.146 e. The van der Waals surface area contributed by atoms with Crippen LogP contribution in [0.4, 0.5) is 0 Å². The van der Waals surface area contributed by atoms with Gasteiger partial charge in [0, 0.05) is 17.0 Å². The van der Waals surface area contributed by atoms with Crippen molar-refractivity contribution in [1.29, 1.82) is 0 Å². The Morgan fingerprint density at radius 3 is 1.93 bits per heavy atom. The van der Waals surface area contributed by atoms with Crippen molar-refractivity contribution in [3.05, 3.63) is 46.5 Å². The van der Waals surface area contributed by atoms with Crippen molar-refractivity contribution in [2.45, 2.75) is 158 Å². The fraction of sp³-hybridized carbons (Fsp3) is 0.658. The van der Waals surface area contributed by atoms with Gasteiger partial charge in [-0.05, 0) is 54.5 Å². The summed E-state index contributed by atoms with van der Waals surface area (Å²) in [5.41, 5.74) is 3.36. The summed E-state index contributed by atoms with van der Waals surface area (Å²) in [7, 11) is 0. The summed E-state index contributed by atoms with van der Waals surface area (Å²) in [5.74, 6) is 1.29. The van der Waals surface area contributed by atoms with Gasteiger partial charge in [0.15, 0.2) is 0 Å². The number of ketones is 1. The van der Waals surface area contributed by atoms with Crippen molar-refractivity contribution in [3.8, 4) is 11.4 Å². The van der Waals surface area contributed by atoms with Crippen LogP contribution in [0.25, 0.3) is 16.7 Å². The summed E-state index contributed by atoms with van der Waals surface area (Å²) in [4.78, 5) is 12.8. The van der Waals surface area contributed by atoms with Gasteiger partial charge in [-0.25, -0.2) is 0 Å². The molecule has 0 atom stereocenters. The van der Waals surface area contributed by atoms with E-state index in [9.17, 15) is 9.90 Å². The van der Waals surface area contributed by atoms with Crippen molar-refractivity contribution in [1.82, 2.24) is 15.0 Å². The molecule has 0 unspecified atom stereocenters. The molecule has 1 aromatic heterocycles. The Kier molecular flexibility index (Phi) is 19.2. The van der Waals surface area contributed by atoms with E-state index >= 15 is 0 Å². The number of aromatic nitrogens is 3. The largest absolute Gasteiger partial charge is 0.505 e. The van der Waals surface area contributed by atoms with Gasteiger partial charge in [0.2, 0.25) is 0 Å². The van der Waals surface area contributed by atoms with Crippen molar-refractivity contribution >= 4 is 28.4 Å². The van der Waals surface area contributed by atoms with E-state index in [4.69, 9.17) is 11.6 Å². The van der Waals surface area contributed by atoms with Crippen molar-refractivity contribution < 1.29 is 9.90 Å². The second-order valence-corrected chi connectivity index (χ2v) is 13.6. The van der Waals surface area contributed by atoms with Crippen LogP contribution in [-0.2, 0) is 16.6 Å². The van der Waals surface area contributed by atoms with E-state index in [0.717, 1.165) is 17.0 Å². The molecule has 0 amide bonds.